The Morgan fingerprint density at radius 3 is 2.71 bits per heavy atom. The summed E-state index contributed by atoms with van der Waals surface area (Å²) in [6.07, 6.45) is 2.69. The van der Waals surface area contributed by atoms with Crippen molar-refractivity contribution < 1.29 is 19.4 Å². The van der Waals surface area contributed by atoms with E-state index in [1.807, 2.05) is 6.07 Å². The Labute approximate surface area is 97.6 Å². The smallest absolute Gasteiger partial charge is 0.328 e. The summed E-state index contributed by atoms with van der Waals surface area (Å²) >= 11 is 0. The molecule has 1 N–H and O–H groups in total. The number of carbonyl (C=O) groups excluding carboxylic acids is 1. The van der Waals surface area contributed by atoms with E-state index in [0.717, 1.165) is 6.08 Å². The van der Waals surface area contributed by atoms with E-state index in [2.05, 4.69) is 0 Å². The number of carboxylic acid groups (broad SMARTS) is 1. The normalized spacial score (nSPS) is 9.88. The number of aldehydes is 1. The zero-order chi connectivity index (χ0) is 12.8. The Bertz CT molecular complexity index is 526. The van der Waals surface area contributed by atoms with Crippen molar-refractivity contribution in [3.8, 4) is 11.8 Å². The first kappa shape index (κ1) is 12.5. The van der Waals surface area contributed by atoms with Crippen molar-refractivity contribution in [2.24, 2.45) is 0 Å². The van der Waals surface area contributed by atoms with Gasteiger partial charge in [0.1, 0.15) is 5.75 Å². The van der Waals surface area contributed by atoms with E-state index in [0.29, 0.717) is 6.29 Å². The summed E-state index contributed by atoms with van der Waals surface area (Å²) in [7, 11) is 1.35. The van der Waals surface area contributed by atoms with Gasteiger partial charge in [0.2, 0.25) is 0 Å². The Morgan fingerprint density at radius 2 is 2.24 bits per heavy atom. The van der Waals surface area contributed by atoms with Crippen LogP contribution in [0.1, 0.15) is 21.5 Å². The average Bonchev–Trinajstić information content (AvgIpc) is 2.34. The minimum atomic E-state index is -1.15. The molecule has 86 valence electrons. The molecule has 5 nitrogen and oxygen atoms in total. The highest BCUT2D eigenvalue weighted by atomic mass is 16.5. The summed E-state index contributed by atoms with van der Waals surface area (Å²) in [5.74, 6) is -0.955. The third kappa shape index (κ3) is 2.69. The van der Waals surface area contributed by atoms with Crippen LogP contribution >= 0.6 is 0 Å². The standard InChI is InChI=1S/C12H9NO4/c1-17-12-9(7-14)3-2-8(6-13)10(12)4-5-11(15)16/h2-5,7H,1H3,(H,15,16)/b5-4+. The number of rotatable bonds is 4. The number of nitriles is 1. The summed E-state index contributed by atoms with van der Waals surface area (Å²) in [6.45, 7) is 0. The lowest BCUT2D eigenvalue weighted by Gasteiger charge is -2.08. The maximum absolute atomic E-state index is 10.8. The predicted octanol–water partition coefficient (Wildman–Crippen LogP) is 1.48. The van der Waals surface area contributed by atoms with Crippen molar-refractivity contribution in [1.29, 1.82) is 5.26 Å². The van der Waals surface area contributed by atoms with Gasteiger partial charge in [-0.1, -0.05) is 0 Å². The molecule has 0 amide bonds. The molecule has 0 spiro atoms. The highest BCUT2D eigenvalue weighted by molar-refractivity contribution is 5.89. The average molecular weight is 231 g/mol. The van der Waals surface area contributed by atoms with E-state index in [-0.39, 0.29) is 22.4 Å². The molecule has 0 unspecified atom stereocenters. The zero-order valence-electron chi connectivity index (χ0n) is 9.01. The third-order valence-electron chi connectivity index (χ3n) is 2.07. The van der Waals surface area contributed by atoms with Crippen molar-refractivity contribution in [2.45, 2.75) is 0 Å². The molecule has 5 heteroatoms. The van der Waals surface area contributed by atoms with E-state index in [1.165, 1.54) is 25.3 Å². The van der Waals surface area contributed by atoms with Crippen LogP contribution in [0, 0.1) is 11.3 Å². The second-order valence-corrected chi connectivity index (χ2v) is 3.05. The van der Waals surface area contributed by atoms with Gasteiger partial charge in [-0.15, -0.1) is 0 Å². The molecular weight excluding hydrogens is 222 g/mol. The van der Waals surface area contributed by atoms with Crippen molar-refractivity contribution in [1.82, 2.24) is 0 Å². The lowest BCUT2D eigenvalue weighted by Crippen LogP contribution is -1.97. The molecule has 1 rings (SSSR count). The monoisotopic (exact) mass is 231 g/mol. The first-order valence-corrected chi connectivity index (χ1v) is 4.61. The van der Waals surface area contributed by atoms with Crippen molar-refractivity contribution >= 4 is 18.3 Å². The highest BCUT2D eigenvalue weighted by Crippen LogP contribution is 2.27. The molecule has 0 bridgehead atoms. The third-order valence-corrected chi connectivity index (χ3v) is 2.07. The van der Waals surface area contributed by atoms with Crippen molar-refractivity contribution in [2.75, 3.05) is 7.11 Å². The Balaban J connectivity index is 3.46. The molecule has 0 aliphatic heterocycles. The van der Waals surface area contributed by atoms with Crippen molar-refractivity contribution in [3.63, 3.8) is 0 Å². The lowest BCUT2D eigenvalue weighted by molar-refractivity contribution is -0.131. The van der Waals surface area contributed by atoms with Gasteiger partial charge in [0.15, 0.2) is 6.29 Å². The van der Waals surface area contributed by atoms with E-state index in [9.17, 15) is 9.59 Å². The van der Waals surface area contributed by atoms with E-state index in [4.69, 9.17) is 15.1 Å². The second-order valence-electron chi connectivity index (χ2n) is 3.05. The Hall–Kier alpha value is -2.61. The van der Waals surface area contributed by atoms with Gasteiger partial charge in [-0.05, 0) is 18.2 Å². The van der Waals surface area contributed by atoms with Crippen LogP contribution in [-0.4, -0.2) is 24.5 Å². The summed E-state index contributed by atoms with van der Waals surface area (Å²) in [6, 6.07) is 4.79. The van der Waals surface area contributed by atoms with E-state index >= 15 is 0 Å². The van der Waals surface area contributed by atoms with Gasteiger partial charge in [0.05, 0.1) is 24.3 Å². The van der Waals surface area contributed by atoms with Crippen LogP contribution < -0.4 is 4.74 Å². The highest BCUT2D eigenvalue weighted by Gasteiger charge is 2.11. The number of hydrogen-bond acceptors (Lipinski definition) is 4. The van der Waals surface area contributed by atoms with Gasteiger partial charge in [-0.25, -0.2) is 4.79 Å². The number of ether oxygens (including phenoxy) is 1. The van der Waals surface area contributed by atoms with Gasteiger partial charge in [0, 0.05) is 11.6 Å². The number of aliphatic carboxylic acids is 1. The molecule has 0 aliphatic rings. The number of benzene rings is 1. The molecule has 17 heavy (non-hydrogen) atoms. The molecule has 0 saturated carbocycles. The molecule has 0 atom stereocenters. The lowest BCUT2D eigenvalue weighted by atomic mass is 10.0. The maximum atomic E-state index is 10.8. The van der Waals surface area contributed by atoms with Crippen LogP contribution in [0.4, 0.5) is 0 Å². The minimum absolute atomic E-state index is 0.191. The molecule has 1 aromatic carbocycles. The van der Waals surface area contributed by atoms with Gasteiger partial charge in [0.25, 0.3) is 0 Å². The predicted molar refractivity (Wildman–Crippen MR) is 59.8 cm³/mol. The largest absolute Gasteiger partial charge is 0.495 e. The van der Waals surface area contributed by atoms with Crippen LogP contribution in [0.2, 0.25) is 0 Å². The molecule has 0 fully saturated rings. The minimum Gasteiger partial charge on any atom is -0.495 e. The van der Waals surface area contributed by atoms with Crippen LogP contribution in [0.15, 0.2) is 18.2 Å². The fourth-order valence-electron chi connectivity index (χ4n) is 1.35. The molecule has 0 aromatic heterocycles. The molecule has 1 aromatic rings. The summed E-state index contributed by atoms with van der Waals surface area (Å²) in [4.78, 5) is 21.2. The second kappa shape index (κ2) is 5.47. The van der Waals surface area contributed by atoms with Gasteiger partial charge < -0.3 is 9.84 Å². The quantitative estimate of drug-likeness (QED) is 0.626. The summed E-state index contributed by atoms with van der Waals surface area (Å²) < 4.78 is 5.02. The van der Waals surface area contributed by atoms with E-state index in [1.54, 1.807) is 0 Å². The number of carboxylic acids is 1. The molecule has 0 saturated heterocycles. The molecular formula is C12H9NO4. The summed E-state index contributed by atoms with van der Waals surface area (Å²) in [5, 5.41) is 17.4. The van der Waals surface area contributed by atoms with Crippen LogP contribution in [0.25, 0.3) is 6.08 Å². The zero-order valence-corrected chi connectivity index (χ0v) is 9.01. The SMILES string of the molecule is COc1c(C=O)ccc(C#N)c1/C=C/C(=O)O. The fourth-order valence-corrected chi connectivity index (χ4v) is 1.35. The van der Waals surface area contributed by atoms with E-state index < -0.39 is 5.97 Å². The molecule has 0 aliphatic carbocycles. The summed E-state index contributed by atoms with van der Waals surface area (Å²) in [5.41, 5.74) is 0.781. The molecule has 0 radical (unpaired) electrons. The Morgan fingerprint density at radius 1 is 1.53 bits per heavy atom. The number of carbonyl (C=O) groups is 2. The van der Waals surface area contributed by atoms with Crippen LogP contribution in [-0.2, 0) is 4.79 Å². The first-order valence-electron chi connectivity index (χ1n) is 4.61. The van der Waals surface area contributed by atoms with Gasteiger partial charge in [-0.3, -0.25) is 4.79 Å². The maximum Gasteiger partial charge on any atom is 0.328 e. The van der Waals surface area contributed by atoms with Crippen LogP contribution in [0.5, 0.6) is 5.75 Å². The van der Waals surface area contributed by atoms with Crippen LogP contribution in [0.3, 0.4) is 0 Å². The number of hydrogen-bond donors (Lipinski definition) is 1. The van der Waals surface area contributed by atoms with Gasteiger partial charge >= 0.3 is 5.97 Å². The molecule has 0 heterocycles. The number of nitrogens with zero attached hydrogens (tertiary/aromatic N) is 1. The number of methoxy groups -OCH3 is 1. The Kier molecular flexibility index (Phi) is 4.01. The first-order chi connectivity index (χ1) is 8.13. The van der Waals surface area contributed by atoms with Gasteiger partial charge in [-0.2, -0.15) is 5.26 Å². The van der Waals surface area contributed by atoms with Crippen molar-refractivity contribution in [3.05, 3.63) is 34.9 Å². The topological polar surface area (TPSA) is 87.4 Å². The fraction of sp³-hybridized carbons (Fsp3) is 0.0833.